The number of cyclic esters (lactones) is 1. The molecule has 1 aromatic heterocycles. The summed E-state index contributed by atoms with van der Waals surface area (Å²) in [5.41, 5.74) is 1.70. The first-order valence-corrected chi connectivity index (χ1v) is 12.7. The third-order valence-electron chi connectivity index (χ3n) is 7.48. The fourth-order valence-electron chi connectivity index (χ4n) is 4.81. The van der Waals surface area contributed by atoms with E-state index in [0.717, 1.165) is 24.8 Å². The second-order valence-corrected chi connectivity index (χ2v) is 10.7. The van der Waals surface area contributed by atoms with Crippen LogP contribution >= 0.6 is 0 Å². The van der Waals surface area contributed by atoms with Gasteiger partial charge in [0.25, 0.3) is 0 Å². The molecule has 0 spiro atoms. The first kappa shape index (κ1) is 28.0. The van der Waals surface area contributed by atoms with Gasteiger partial charge in [-0.05, 0) is 49.8 Å². The average Bonchev–Trinajstić information content (AvgIpc) is 3.26. The minimum Gasteiger partial charge on any atom is -0.457 e. The monoisotopic (exact) mass is 501 g/mol. The van der Waals surface area contributed by atoms with Crippen LogP contribution in [0.2, 0.25) is 0 Å². The van der Waals surface area contributed by atoms with Crippen LogP contribution in [0, 0.1) is 17.3 Å². The molecule has 2 heterocycles. The largest absolute Gasteiger partial charge is 0.457 e. The number of nitrogens with zero attached hydrogens (tertiary/aromatic N) is 1. The number of esters is 1. The molecule has 1 aliphatic rings. The molecule has 8 heteroatoms. The second-order valence-electron chi connectivity index (χ2n) is 10.7. The van der Waals surface area contributed by atoms with Crippen molar-refractivity contribution in [2.24, 2.45) is 17.3 Å². The molecule has 0 saturated heterocycles. The molecule has 0 fully saturated rings. The number of ketones is 1. The van der Waals surface area contributed by atoms with E-state index in [1.54, 1.807) is 39.0 Å². The van der Waals surface area contributed by atoms with E-state index in [1.165, 1.54) is 0 Å². The lowest BCUT2D eigenvalue weighted by molar-refractivity contribution is -0.155. The van der Waals surface area contributed by atoms with Crippen LogP contribution in [0.4, 0.5) is 0 Å². The van der Waals surface area contributed by atoms with Crippen molar-refractivity contribution in [3.8, 4) is 0 Å². The third-order valence-corrected chi connectivity index (χ3v) is 7.48. The summed E-state index contributed by atoms with van der Waals surface area (Å²) in [6.45, 7) is 8.54. The van der Waals surface area contributed by atoms with E-state index in [1.807, 2.05) is 19.9 Å². The Bertz CT molecular complexity index is 1100. The number of aromatic nitrogens is 1. The lowest BCUT2D eigenvalue weighted by Gasteiger charge is -2.34. The molecule has 3 rings (SSSR count). The molecule has 2 aromatic rings. The summed E-state index contributed by atoms with van der Waals surface area (Å²) in [7, 11) is 0. The van der Waals surface area contributed by atoms with Gasteiger partial charge in [-0.15, -0.1) is 0 Å². The number of ether oxygens (including phenoxy) is 1. The number of carbonyl (C=O) groups excluding carboxylic acids is 2. The van der Waals surface area contributed by atoms with Gasteiger partial charge >= 0.3 is 5.97 Å². The number of allylic oxidation sites excluding steroid dienone is 1. The van der Waals surface area contributed by atoms with Crippen molar-refractivity contribution >= 4 is 22.9 Å². The van der Waals surface area contributed by atoms with Gasteiger partial charge in [0.2, 0.25) is 5.89 Å². The van der Waals surface area contributed by atoms with Crippen molar-refractivity contribution in [1.82, 2.24) is 4.98 Å². The molecule has 1 aliphatic heterocycles. The molecular weight excluding hydrogens is 462 g/mol. The van der Waals surface area contributed by atoms with Gasteiger partial charge in [0.15, 0.2) is 5.58 Å². The average molecular weight is 502 g/mol. The predicted molar refractivity (Wildman–Crippen MR) is 135 cm³/mol. The minimum absolute atomic E-state index is 0.0756. The summed E-state index contributed by atoms with van der Waals surface area (Å²) in [6, 6.07) is 5.29. The van der Waals surface area contributed by atoms with Crippen molar-refractivity contribution in [2.45, 2.75) is 91.6 Å². The zero-order valence-corrected chi connectivity index (χ0v) is 21.9. The van der Waals surface area contributed by atoms with Gasteiger partial charge < -0.3 is 24.5 Å². The third kappa shape index (κ3) is 6.41. The topological polar surface area (TPSA) is 130 Å². The predicted octanol–water partition coefficient (Wildman–Crippen LogP) is 4.40. The normalized spacial score (nSPS) is 30.6. The van der Waals surface area contributed by atoms with Crippen LogP contribution in [0.5, 0.6) is 0 Å². The zero-order valence-electron chi connectivity index (χ0n) is 21.9. The summed E-state index contributed by atoms with van der Waals surface area (Å²) >= 11 is 0. The van der Waals surface area contributed by atoms with E-state index in [2.05, 4.69) is 4.98 Å². The highest BCUT2D eigenvalue weighted by atomic mass is 16.5. The quantitative estimate of drug-likeness (QED) is 0.408. The maximum atomic E-state index is 13.2. The van der Waals surface area contributed by atoms with E-state index < -0.39 is 35.6 Å². The lowest BCUT2D eigenvalue weighted by atomic mass is 9.73. The molecule has 8 nitrogen and oxygen atoms in total. The van der Waals surface area contributed by atoms with Crippen LogP contribution in [-0.2, 0) is 20.9 Å². The minimum atomic E-state index is -1.27. The Morgan fingerprint density at radius 3 is 2.58 bits per heavy atom. The summed E-state index contributed by atoms with van der Waals surface area (Å²) < 4.78 is 11.3. The summed E-state index contributed by atoms with van der Waals surface area (Å²) in [6.07, 6.45) is 1.86. The number of benzene rings is 1. The molecule has 0 unspecified atom stereocenters. The SMILES string of the molecule is C/C1=C\C[C@@H](c2ccc3oc(CO)nc3c2)OC(=O)C[C@H](O)C(C)(C)C(=O)[C@H](C)[C@@H](O)[C@@H](C)CCC1. The number of hydrogen-bond acceptors (Lipinski definition) is 8. The van der Waals surface area contributed by atoms with Gasteiger partial charge in [0.1, 0.15) is 24.0 Å². The van der Waals surface area contributed by atoms with E-state index in [9.17, 15) is 24.9 Å². The summed E-state index contributed by atoms with van der Waals surface area (Å²) in [5.74, 6) is -1.44. The Morgan fingerprint density at radius 1 is 1.17 bits per heavy atom. The Kier molecular flexibility index (Phi) is 9.08. The zero-order chi connectivity index (χ0) is 26.6. The highest BCUT2D eigenvalue weighted by Gasteiger charge is 2.42. The first-order valence-electron chi connectivity index (χ1n) is 12.7. The Hall–Kier alpha value is -2.55. The molecule has 0 radical (unpaired) electrons. The number of aliphatic hydroxyl groups is 3. The molecule has 36 heavy (non-hydrogen) atoms. The summed E-state index contributed by atoms with van der Waals surface area (Å²) in [5, 5.41) is 31.0. The van der Waals surface area contributed by atoms with Gasteiger partial charge in [-0.25, -0.2) is 4.98 Å². The standard InChI is InChI=1S/C28H39NO7/c1-16-7-6-8-17(2)26(33)18(3)27(34)28(4,5)23(31)14-25(32)36-21(11-9-16)19-10-12-22-20(13-19)29-24(15-30)35-22/h9-10,12-13,17-18,21,23,26,30-31,33H,6-8,11,14-15H2,1-5H3/b16-9+/t17-,18+,21-,23-,26-/m0/s1. The smallest absolute Gasteiger partial charge is 0.309 e. The van der Waals surface area contributed by atoms with Gasteiger partial charge in [0, 0.05) is 12.3 Å². The number of oxazole rings is 1. The Morgan fingerprint density at radius 2 is 1.89 bits per heavy atom. The number of Topliss-reactive ketones (excluding diaryl/α,β-unsaturated/α-hetero) is 1. The van der Waals surface area contributed by atoms with E-state index >= 15 is 0 Å². The number of carbonyl (C=O) groups is 2. The number of fused-ring (bicyclic) bond motifs is 1. The van der Waals surface area contributed by atoms with Crippen molar-refractivity contribution in [1.29, 1.82) is 0 Å². The van der Waals surface area contributed by atoms with Crippen LogP contribution in [0.1, 0.15) is 84.3 Å². The molecule has 5 atom stereocenters. The molecule has 198 valence electrons. The highest BCUT2D eigenvalue weighted by Crippen LogP contribution is 2.33. The van der Waals surface area contributed by atoms with Gasteiger partial charge in [-0.1, -0.05) is 45.4 Å². The highest BCUT2D eigenvalue weighted by molar-refractivity contribution is 5.88. The first-order chi connectivity index (χ1) is 16.9. The van der Waals surface area contributed by atoms with Gasteiger partial charge in [-0.3, -0.25) is 9.59 Å². The maximum Gasteiger partial charge on any atom is 0.309 e. The van der Waals surface area contributed by atoms with Crippen LogP contribution in [0.25, 0.3) is 11.1 Å². The maximum absolute atomic E-state index is 13.2. The Labute approximate surface area is 212 Å². The van der Waals surface area contributed by atoms with Crippen LogP contribution in [0.15, 0.2) is 34.3 Å². The van der Waals surface area contributed by atoms with Gasteiger partial charge in [-0.2, -0.15) is 0 Å². The lowest BCUT2D eigenvalue weighted by Crippen LogP contribution is -2.45. The second kappa shape index (κ2) is 11.7. The number of hydrogen-bond donors (Lipinski definition) is 3. The van der Waals surface area contributed by atoms with Crippen molar-refractivity contribution < 1.29 is 34.1 Å². The fraction of sp³-hybridized carbons (Fsp3) is 0.607. The number of aliphatic hydroxyl groups excluding tert-OH is 3. The van der Waals surface area contributed by atoms with E-state index in [0.29, 0.717) is 23.1 Å². The van der Waals surface area contributed by atoms with Crippen molar-refractivity contribution in [3.05, 3.63) is 41.3 Å². The summed E-state index contributed by atoms with van der Waals surface area (Å²) in [4.78, 5) is 30.4. The van der Waals surface area contributed by atoms with Crippen molar-refractivity contribution in [2.75, 3.05) is 0 Å². The molecule has 1 aromatic carbocycles. The molecule has 0 amide bonds. The van der Waals surface area contributed by atoms with Crippen molar-refractivity contribution in [3.63, 3.8) is 0 Å². The number of rotatable bonds is 2. The van der Waals surface area contributed by atoms with Gasteiger partial charge in [0.05, 0.1) is 24.0 Å². The van der Waals surface area contributed by atoms with Crippen LogP contribution in [-0.4, -0.2) is 44.3 Å². The fourth-order valence-corrected chi connectivity index (χ4v) is 4.81. The van der Waals surface area contributed by atoms with E-state index in [4.69, 9.17) is 9.15 Å². The molecule has 0 bridgehead atoms. The van der Waals surface area contributed by atoms with E-state index in [-0.39, 0.29) is 30.6 Å². The van der Waals surface area contributed by atoms with Crippen LogP contribution in [0.3, 0.4) is 0 Å². The molecule has 0 saturated carbocycles. The molecular formula is C28H39NO7. The van der Waals surface area contributed by atoms with Crippen LogP contribution < -0.4 is 0 Å². The Balaban J connectivity index is 1.91. The molecule has 0 aliphatic carbocycles. The molecule has 3 N–H and O–H groups in total.